The Bertz CT molecular complexity index is 1280. The molecule has 3 aliphatic heterocycles. The minimum atomic E-state index is -5.03. The van der Waals surface area contributed by atoms with Gasteiger partial charge in [0.25, 0.3) is 5.91 Å². The fraction of sp³-hybridized carbons (Fsp3) is 0.650. The highest BCUT2D eigenvalue weighted by Gasteiger charge is 2.55. The Labute approximate surface area is 229 Å². The zero-order valence-corrected chi connectivity index (χ0v) is 23.3. The molecule has 2 saturated heterocycles. The van der Waals surface area contributed by atoms with Crippen molar-refractivity contribution in [2.75, 3.05) is 52.6 Å². The number of hydrogen-bond acceptors (Lipinski definition) is 10. The normalized spacial score (nSPS) is 21.7. The Morgan fingerprint density at radius 3 is 2.44 bits per heavy atom. The highest BCUT2D eigenvalue weighted by molar-refractivity contribution is 7.98. The van der Waals surface area contributed by atoms with Crippen molar-refractivity contribution in [1.82, 2.24) is 34.4 Å². The van der Waals surface area contributed by atoms with Gasteiger partial charge in [-0.25, -0.2) is 4.79 Å². The van der Waals surface area contributed by atoms with Crippen molar-refractivity contribution >= 4 is 46.0 Å². The topological polar surface area (TPSA) is 225 Å². The first-order chi connectivity index (χ1) is 18.2. The van der Waals surface area contributed by atoms with E-state index in [0.717, 1.165) is 0 Å². The van der Waals surface area contributed by atoms with E-state index in [1.807, 2.05) is 0 Å². The number of nitrogens with two attached hydrogens (primary N) is 2. The fourth-order valence-electron chi connectivity index (χ4n) is 5.01. The molecule has 0 spiro atoms. The standard InChI is InChI=1S/C20H32N10O7S2/c1-25(2)18(32)16-15-14(13-8-29(16)20(33)30(13)37-39(34,35)36)12(24-26(15)3)10-38-9-11(21)17(31)27-4-6-28(7-5-27)19(22)23/h11,13,16H,4-10,21H2,1-3H3,(H3,22,23)(H,34,35,36)/t11-,13?,16?/m0/s1. The van der Waals surface area contributed by atoms with E-state index < -0.39 is 40.5 Å². The number of piperazine rings is 1. The van der Waals surface area contributed by atoms with Crippen LogP contribution in [0.15, 0.2) is 0 Å². The van der Waals surface area contributed by atoms with Crippen molar-refractivity contribution in [3.05, 3.63) is 17.0 Å². The summed E-state index contributed by atoms with van der Waals surface area (Å²) in [7, 11) is -0.345. The molecule has 1 aromatic heterocycles. The van der Waals surface area contributed by atoms with Crippen LogP contribution in [0.5, 0.6) is 0 Å². The molecule has 0 radical (unpaired) electrons. The maximum Gasteiger partial charge on any atom is 0.418 e. The fourth-order valence-corrected chi connectivity index (χ4v) is 6.30. The summed E-state index contributed by atoms with van der Waals surface area (Å²) in [4.78, 5) is 44.8. The van der Waals surface area contributed by atoms with E-state index in [9.17, 15) is 27.4 Å². The number of hydroxylamine groups is 2. The highest BCUT2D eigenvalue weighted by Crippen LogP contribution is 2.46. The van der Waals surface area contributed by atoms with Gasteiger partial charge in [0.15, 0.2) is 12.0 Å². The molecule has 2 unspecified atom stereocenters. The Morgan fingerprint density at radius 2 is 1.87 bits per heavy atom. The number of hydrogen-bond donors (Lipinski definition) is 4. The predicted octanol–water partition coefficient (Wildman–Crippen LogP) is -2.33. The van der Waals surface area contributed by atoms with E-state index in [1.165, 1.54) is 40.3 Å². The van der Waals surface area contributed by atoms with Gasteiger partial charge in [-0.2, -0.15) is 30.3 Å². The van der Waals surface area contributed by atoms with Crippen molar-refractivity contribution in [2.24, 2.45) is 18.5 Å². The molecular weight excluding hydrogens is 556 g/mol. The average molecular weight is 589 g/mol. The number of fused-ring (bicyclic) bond motifs is 4. The first-order valence-corrected chi connectivity index (χ1v) is 14.5. The Kier molecular flexibility index (Phi) is 7.99. The van der Waals surface area contributed by atoms with Gasteiger partial charge in [-0.1, -0.05) is 0 Å². The largest absolute Gasteiger partial charge is 0.418 e. The summed E-state index contributed by atoms with van der Waals surface area (Å²) in [6, 6.07) is -3.71. The molecule has 3 atom stereocenters. The second-order valence-corrected chi connectivity index (χ2v) is 11.6. The number of guanidine groups is 1. The van der Waals surface area contributed by atoms with Crippen LogP contribution in [0.2, 0.25) is 0 Å². The third kappa shape index (κ3) is 5.62. The van der Waals surface area contributed by atoms with Crippen LogP contribution in [-0.2, 0) is 37.1 Å². The number of nitrogens with one attached hydrogen (secondary N) is 1. The molecular formula is C20H32N10O7S2. The van der Waals surface area contributed by atoms with Gasteiger partial charge < -0.3 is 31.1 Å². The third-order valence-corrected chi connectivity index (χ3v) is 8.25. The number of amides is 4. The molecule has 17 nitrogen and oxygen atoms in total. The molecule has 4 amide bonds. The molecule has 0 aliphatic carbocycles. The number of carbonyl (C=O) groups is 3. The number of likely N-dealkylation sites (N-methyl/N-ethyl adjacent to an activating group) is 1. The predicted molar refractivity (Wildman–Crippen MR) is 138 cm³/mol. The lowest BCUT2D eigenvalue weighted by Gasteiger charge is -2.36. The van der Waals surface area contributed by atoms with E-state index in [1.54, 1.807) is 16.8 Å². The maximum absolute atomic E-state index is 13.1. The van der Waals surface area contributed by atoms with Gasteiger partial charge in [0.05, 0.1) is 24.0 Å². The van der Waals surface area contributed by atoms with Gasteiger partial charge in [0.2, 0.25) is 5.91 Å². The smallest absolute Gasteiger partial charge is 0.370 e. The summed E-state index contributed by atoms with van der Waals surface area (Å²) in [5.41, 5.74) is 13.0. The van der Waals surface area contributed by atoms with Crippen LogP contribution in [0, 0.1) is 5.41 Å². The molecule has 3 aliphatic rings. The van der Waals surface area contributed by atoms with Gasteiger partial charge in [-0.05, 0) is 0 Å². The van der Waals surface area contributed by atoms with Crippen molar-refractivity contribution in [1.29, 1.82) is 5.41 Å². The Balaban J connectivity index is 1.52. The average Bonchev–Trinajstić information content (AvgIpc) is 3.32. The van der Waals surface area contributed by atoms with Crippen molar-refractivity contribution in [3.8, 4) is 0 Å². The molecule has 4 rings (SSSR count). The number of thioether (sulfide) groups is 1. The van der Waals surface area contributed by atoms with Gasteiger partial charge in [-0.3, -0.25) is 24.2 Å². The summed E-state index contributed by atoms with van der Waals surface area (Å²) in [6.45, 7) is 1.66. The van der Waals surface area contributed by atoms with Crippen LogP contribution in [0.1, 0.15) is 29.0 Å². The third-order valence-electron chi connectivity index (χ3n) is 6.83. The summed E-state index contributed by atoms with van der Waals surface area (Å²) < 4.78 is 38.3. The lowest BCUT2D eigenvalue weighted by atomic mass is 9.95. The minimum Gasteiger partial charge on any atom is -0.370 e. The summed E-state index contributed by atoms with van der Waals surface area (Å²) in [5, 5.41) is 12.6. The molecule has 19 heteroatoms. The molecule has 216 valence electrons. The summed E-state index contributed by atoms with van der Waals surface area (Å²) in [5.74, 6) is -0.192. The summed E-state index contributed by atoms with van der Waals surface area (Å²) in [6.07, 6.45) is 0. The highest BCUT2D eigenvalue weighted by atomic mass is 32.3. The molecule has 1 aromatic rings. The summed E-state index contributed by atoms with van der Waals surface area (Å²) >= 11 is 1.32. The number of rotatable bonds is 8. The van der Waals surface area contributed by atoms with E-state index in [0.29, 0.717) is 48.2 Å². The molecule has 0 saturated carbocycles. The van der Waals surface area contributed by atoms with Gasteiger partial charge in [-0.15, -0.1) is 4.28 Å². The van der Waals surface area contributed by atoms with Gasteiger partial charge >= 0.3 is 16.4 Å². The second kappa shape index (κ2) is 10.8. The van der Waals surface area contributed by atoms with E-state index in [-0.39, 0.29) is 29.9 Å². The van der Waals surface area contributed by atoms with E-state index in [2.05, 4.69) is 9.38 Å². The lowest BCUT2D eigenvalue weighted by Crippen LogP contribution is -2.55. The van der Waals surface area contributed by atoms with Crippen LogP contribution in [0.4, 0.5) is 4.79 Å². The van der Waals surface area contributed by atoms with E-state index in [4.69, 9.17) is 16.9 Å². The van der Waals surface area contributed by atoms with Crippen LogP contribution in [0.25, 0.3) is 0 Å². The quantitative estimate of drug-likeness (QED) is 0.143. The number of nitrogens with zero attached hydrogens (tertiary/aromatic N) is 7. The molecule has 0 aromatic carbocycles. The molecule has 2 bridgehead atoms. The monoisotopic (exact) mass is 588 g/mol. The lowest BCUT2D eigenvalue weighted by molar-refractivity contribution is -0.134. The van der Waals surface area contributed by atoms with E-state index >= 15 is 0 Å². The second-order valence-electron chi connectivity index (χ2n) is 9.60. The minimum absolute atomic E-state index is 0.0391. The van der Waals surface area contributed by atoms with Gasteiger partial charge in [0, 0.05) is 64.4 Å². The van der Waals surface area contributed by atoms with Crippen LogP contribution in [-0.4, -0.2) is 130 Å². The first-order valence-electron chi connectivity index (χ1n) is 12.0. The zero-order valence-electron chi connectivity index (χ0n) is 21.7. The van der Waals surface area contributed by atoms with Crippen molar-refractivity contribution < 1.29 is 31.6 Å². The van der Waals surface area contributed by atoms with Crippen LogP contribution >= 0.6 is 11.8 Å². The number of carbonyl (C=O) groups excluding carboxylic acids is 3. The number of aryl methyl sites for hydroxylation is 1. The zero-order chi connectivity index (χ0) is 28.8. The molecule has 2 fully saturated rings. The number of urea groups is 1. The first kappa shape index (κ1) is 28.9. The molecule has 39 heavy (non-hydrogen) atoms. The SMILES string of the molecule is CN(C)C(=O)C1c2c(c(CSC[C@H](N)C(=O)N3CCN(C(=N)N)CC3)nn2C)C2CN1C(=O)N2OS(=O)(=O)O. The van der Waals surface area contributed by atoms with Crippen molar-refractivity contribution in [2.45, 2.75) is 23.9 Å². The Morgan fingerprint density at radius 1 is 1.26 bits per heavy atom. The Hall–Kier alpha value is -3.13. The maximum atomic E-state index is 13.1. The number of aromatic nitrogens is 2. The molecule has 4 heterocycles. The van der Waals surface area contributed by atoms with Crippen LogP contribution < -0.4 is 11.5 Å². The van der Waals surface area contributed by atoms with Crippen LogP contribution in [0.3, 0.4) is 0 Å². The molecule has 6 N–H and O–H groups in total. The van der Waals surface area contributed by atoms with Gasteiger partial charge in [0.1, 0.15) is 6.04 Å². The van der Waals surface area contributed by atoms with Crippen molar-refractivity contribution in [3.63, 3.8) is 0 Å².